The molecule has 45 heavy (non-hydrogen) atoms. The van der Waals surface area contributed by atoms with Crippen LogP contribution in [0, 0.1) is 5.92 Å². The molecule has 2 aromatic carbocycles. The van der Waals surface area contributed by atoms with E-state index in [2.05, 4.69) is 10.2 Å². The van der Waals surface area contributed by atoms with Crippen molar-refractivity contribution in [1.29, 1.82) is 0 Å². The molecule has 0 aromatic heterocycles. The van der Waals surface area contributed by atoms with E-state index in [1.807, 2.05) is 0 Å². The van der Waals surface area contributed by atoms with Crippen molar-refractivity contribution < 1.29 is 22.8 Å². The number of benzene rings is 2. The lowest BCUT2D eigenvalue weighted by molar-refractivity contribution is -0.118. The van der Waals surface area contributed by atoms with Crippen LogP contribution in [0.5, 0.6) is 0 Å². The third kappa shape index (κ3) is 6.88. The Morgan fingerprint density at radius 2 is 1.62 bits per heavy atom. The highest BCUT2D eigenvalue weighted by atomic mass is 35.5. The Morgan fingerprint density at radius 1 is 0.956 bits per heavy atom. The molecule has 13 heteroatoms. The molecule has 6 rings (SSSR count). The van der Waals surface area contributed by atoms with E-state index in [9.17, 15) is 22.8 Å². The van der Waals surface area contributed by atoms with Crippen LogP contribution in [-0.2, 0) is 21.2 Å². The van der Waals surface area contributed by atoms with Gasteiger partial charge < -0.3 is 20.9 Å². The Balaban J connectivity index is 0.985. The number of piperidine rings is 2. The summed E-state index contributed by atoms with van der Waals surface area (Å²) in [7, 11) is -3.46. The number of fused-ring (bicyclic) bond motifs is 3. The van der Waals surface area contributed by atoms with Gasteiger partial charge in [0, 0.05) is 40.9 Å². The zero-order valence-electron chi connectivity index (χ0n) is 25.1. The van der Waals surface area contributed by atoms with Crippen LogP contribution in [0.4, 0.5) is 5.69 Å². The van der Waals surface area contributed by atoms with Crippen molar-refractivity contribution in [3.63, 3.8) is 0 Å². The fourth-order valence-corrected chi connectivity index (χ4v) is 10.5. The summed E-state index contributed by atoms with van der Waals surface area (Å²) in [5.41, 5.74) is 7.67. The van der Waals surface area contributed by atoms with Crippen molar-refractivity contribution in [2.45, 2.75) is 69.5 Å². The first-order valence-corrected chi connectivity index (χ1v) is 18.1. The molecule has 10 nitrogen and oxygen atoms in total. The fraction of sp³-hybridized carbons (Fsp3) is 0.531. The van der Waals surface area contributed by atoms with Gasteiger partial charge in [-0.05, 0) is 112 Å². The number of likely N-dealkylation sites (tertiary alicyclic amines) is 1. The highest BCUT2D eigenvalue weighted by Gasteiger charge is 2.50. The number of carbonyl (C=O) groups is 3. The molecule has 0 aliphatic carbocycles. The van der Waals surface area contributed by atoms with Crippen molar-refractivity contribution >= 4 is 56.6 Å². The third-order valence-corrected chi connectivity index (χ3v) is 12.5. The minimum absolute atomic E-state index is 0.0564. The van der Waals surface area contributed by atoms with Crippen LogP contribution < -0.4 is 16.0 Å². The van der Waals surface area contributed by atoms with Gasteiger partial charge in [-0.15, -0.1) is 0 Å². The fourth-order valence-electron chi connectivity index (χ4n) is 7.68. The van der Waals surface area contributed by atoms with E-state index >= 15 is 0 Å². The van der Waals surface area contributed by atoms with Crippen LogP contribution in [0.3, 0.4) is 0 Å². The highest BCUT2D eigenvalue weighted by Crippen LogP contribution is 2.44. The van der Waals surface area contributed by atoms with Crippen LogP contribution >= 0.6 is 23.2 Å². The lowest BCUT2D eigenvalue weighted by atomic mass is 9.97. The Labute approximate surface area is 274 Å². The van der Waals surface area contributed by atoms with Gasteiger partial charge in [-0.1, -0.05) is 23.2 Å². The largest absolute Gasteiger partial charge is 0.366 e. The summed E-state index contributed by atoms with van der Waals surface area (Å²) < 4.78 is 29.3. The summed E-state index contributed by atoms with van der Waals surface area (Å²) in [5.74, 6) is -0.534. The van der Waals surface area contributed by atoms with Crippen LogP contribution in [0.1, 0.15) is 71.2 Å². The number of amides is 3. The molecule has 3 saturated heterocycles. The van der Waals surface area contributed by atoms with Gasteiger partial charge in [0.1, 0.15) is 0 Å². The van der Waals surface area contributed by atoms with Gasteiger partial charge >= 0.3 is 0 Å². The zero-order chi connectivity index (χ0) is 31.9. The van der Waals surface area contributed by atoms with Gasteiger partial charge in [0.15, 0.2) is 0 Å². The number of sulfonamides is 1. The smallest absolute Gasteiger partial charge is 0.251 e. The van der Waals surface area contributed by atoms with Gasteiger partial charge in [0.2, 0.25) is 21.8 Å². The Morgan fingerprint density at radius 3 is 2.27 bits per heavy atom. The van der Waals surface area contributed by atoms with Crippen LogP contribution in [-0.4, -0.2) is 85.4 Å². The standard InChI is InChI=1S/C32H39Cl2N5O5S/c33-23-4-2-21(3-5-23)32(42)36-10-1-11-37-12-8-20(9-13-37)19-45(43,44)39-24-6-7-25(39)17-26(16-24)38-29-18-28(34)27(31(35)41)14-22(29)15-30(38)40/h2-5,14,18,20,24-26H,1,6-13,15-17,19H2,(H2,35,41)(H,36,42). The second kappa shape index (κ2) is 13.2. The molecule has 2 aromatic rings. The molecule has 242 valence electrons. The van der Waals surface area contributed by atoms with Crippen molar-refractivity contribution in [3.8, 4) is 0 Å². The predicted octanol–water partition coefficient (Wildman–Crippen LogP) is 3.84. The Bertz CT molecular complexity index is 1560. The minimum Gasteiger partial charge on any atom is -0.366 e. The molecule has 0 saturated carbocycles. The molecule has 4 aliphatic rings. The molecule has 3 amide bonds. The number of rotatable bonds is 10. The summed E-state index contributed by atoms with van der Waals surface area (Å²) in [6.07, 6.45) is 5.42. The molecular formula is C32H39Cl2N5O5S. The van der Waals surface area contributed by atoms with Gasteiger partial charge in [0.25, 0.3) is 5.91 Å². The Kier molecular flexibility index (Phi) is 9.46. The van der Waals surface area contributed by atoms with Crippen LogP contribution in [0.2, 0.25) is 10.0 Å². The summed E-state index contributed by atoms with van der Waals surface area (Å²) in [4.78, 5) is 41.3. The summed E-state index contributed by atoms with van der Waals surface area (Å²) >= 11 is 12.2. The van der Waals surface area contributed by atoms with Gasteiger partial charge in [-0.25, -0.2) is 8.42 Å². The van der Waals surface area contributed by atoms with Crippen molar-refractivity contribution in [2.24, 2.45) is 11.7 Å². The minimum atomic E-state index is -3.46. The van der Waals surface area contributed by atoms with Crippen LogP contribution in [0.15, 0.2) is 36.4 Å². The predicted molar refractivity (Wildman–Crippen MR) is 174 cm³/mol. The SMILES string of the molecule is NC(=O)c1cc2c(cc1Cl)N(C1CC3CCC(C1)N3S(=O)(=O)CC1CCN(CCCNC(=O)c3ccc(Cl)cc3)CC1)C(=O)C2. The Hall–Kier alpha value is -2.70. The van der Waals surface area contributed by atoms with Crippen molar-refractivity contribution in [3.05, 3.63) is 63.1 Å². The molecule has 2 atom stereocenters. The number of anilines is 1. The van der Waals surface area contributed by atoms with E-state index in [1.165, 1.54) is 0 Å². The summed E-state index contributed by atoms with van der Waals surface area (Å²) in [6.45, 7) is 3.11. The second-order valence-electron chi connectivity index (χ2n) is 12.8. The van der Waals surface area contributed by atoms with Crippen molar-refractivity contribution in [2.75, 3.05) is 36.8 Å². The number of carbonyl (C=O) groups excluding carboxylic acids is 3. The molecule has 0 radical (unpaired) electrons. The van der Waals surface area contributed by atoms with E-state index in [4.69, 9.17) is 28.9 Å². The second-order valence-corrected chi connectivity index (χ2v) is 15.5. The van der Waals surface area contributed by atoms with E-state index in [0.717, 1.165) is 57.3 Å². The molecule has 3 N–H and O–H groups in total. The molecule has 4 aliphatic heterocycles. The first-order valence-electron chi connectivity index (χ1n) is 15.7. The van der Waals surface area contributed by atoms with Crippen molar-refractivity contribution in [1.82, 2.24) is 14.5 Å². The van der Waals surface area contributed by atoms with Gasteiger partial charge in [0.05, 0.1) is 22.8 Å². The number of halogens is 2. The van der Waals surface area contributed by atoms with Crippen LogP contribution in [0.25, 0.3) is 0 Å². The maximum Gasteiger partial charge on any atom is 0.251 e. The molecular weight excluding hydrogens is 637 g/mol. The number of nitrogens with two attached hydrogens (primary N) is 1. The average molecular weight is 677 g/mol. The maximum atomic E-state index is 13.8. The molecule has 0 spiro atoms. The van der Waals surface area contributed by atoms with E-state index in [1.54, 1.807) is 45.6 Å². The van der Waals surface area contributed by atoms with Gasteiger partial charge in [-0.3, -0.25) is 14.4 Å². The van der Waals surface area contributed by atoms with E-state index in [0.29, 0.717) is 35.7 Å². The number of hydrogen-bond acceptors (Lipinski definition) is 6. The first kappa shape index (κ1) is 32.2. The number of nitrogens with one attached hydrogen (secondary N) is 1. The lowest BCUT2D eigenvalue weighted by Gasteiger charge is -2.42. The third-order valence-electron chi connectivity index (χ3n) is 9.83. The average Bonchev–Trinajstić information content (AvgIpc) is 3.47. The number of hydrogen-bond donors (Lipinski definition) is 2. The normalized spacial score (nSPS) is 24.2. The monoisotopic (exact) mass is 675 g/mol. The molecule has 3 fully saturated rings. The maximum absolute atomic E-state index is 13.8. The quantitative estimate of drug-likeness (QED) is 0.368. The van der Waals surface area contributed by atoms with E-state index in [-0.39, 0.29) is 58.6 Å². The molecule has 4 heterocycles. The van der Waals surface area contributed by atoms with Gasteiger partial charge in [-0.2, -0.15) is 4.31 Å². The number of nitrogens with zero attached hydrogens (tertiary/aromatic N) is 3. The molecule has 2 bridgehead atoms. The number of primary amides is 1. The van der Waals surface area contributed by atoms with E-state index < -0.39 is 15.9 Å². The molecule has 2 unspecified atom stereocenters. The highest BCUT2D eigenvalue weighted by molar-refractivity contribution is 7.89. The first-order chi connectivity index (χ1) is 21.5. The topological polar surface area (TPSA) is 133 Å². The summed E-state index contributed by atoms with van der Waals surface area (Å²) in [5, 5.41) is 3.76. The zero-order valence-corrected chi connectivity index (χ0v) is 27.4. The summed E-state index contributed by atoms with van der Waals surface area (Å²) in [6, 6.07) is 9.70. The lowest BCUT2D eigenvalue weighted by Crippen LogP contribution is -2.54.